The molecule has 2 aliphatic rings. The molecule has 1 heterocycles. The van der Waals surface area contributed by atoms with Crippen molar-refractivity contribution in [2.75, 3.05) is 26.7 Å². The van der Waals surface area contributed by atoms with Gasteiger partial charge in [0.15, 0.2) is 0 Å². The molecule has 206 valence electrons. The molecule has 0 bridgehead atoms. The molecule has 1 amide bonds. The summed E-state index contributed by atoms with van der Waals surface area (Å²) in [6.07, 6.45) is 14.4. The van der Waals surface area contributed by atoms with Crippen molar-refractivity contribution in [1.29, 1.82) is 0 Å². The molecule has 35 heavy (non-hydrogen) atoms. The topological polar surface area (TPSA) is 53.6 Å². The molecule has 4 atom stereocenters. The number of amides is 1. The van der Waals surface area contributed by atoms with Crippen LogP contribution in [0.25, 0.3) is 0 Å². The van der Waals surface area contributed by atoms with Gasteiger partial charge in [0.2, 0.25) is 5.91 Å². The van der Waals surface area contributed by atoms with Crippen LogP contribution >= 0.6 is 0 Å². The van der Waals surface area contributed by atoms with Crippen molar-refractivity contribution in [3.63, 3.8) is 0 Å². The highest BCUT2D eigenvalue weighted by molar-refractivity contribution is 5.77. The second-order valence-corrected chi connectivity index (χ2v) is 9.51. The van der Waals surface area contributed by atoms with Crippen molar-refractivity contribution in [1.82, 2.24) is 15.5 Å². The van der Waals surface area contributed by atoms with Gasteiger partial charge in [-0.3, -0.25) is 9.69 Å². The number of rotatable bonds is 12. The first-order chi connectivity index (χ1) is 17.0. The van der Waals surface area contributed by atoms with Gasteiger partial charge in [-0.1, -0.05) is 65.7 Å². The third kappa shape index (κ3) is 13.6. The van der Waals surface area contributed by atoms with Crippen LogP contribution in [0, 0.1) is 0 Å². The van der Waals surface area contributed by atoms with Crippen molar-refractivity contribution in [2.45, 2.75) is 137 Å². The lowest BCUT2D eigenvalue weighted by Gasteiger charge is -2.30. The molecule has 0 aromatic rings. The Morgan fingerprint density at radius 1 is 1.14 bits per heavy atom. The molecule has 0 aromatic carbocycles. The summed E-state index contributed by atoms with van der Waals surface area (Å²) >= 11 is 0. The Labute approximate surface area is 218 Å². The predicted molar refractivity (Wildman–Crippen MR) is 153 cm³/mol. The highest BCUT2D eigenvalue weighted by Gasteiger charge is 2.30. The zero-order valence-electron chi connectivity index (χ0n) is 24.7. The number of carbonyl (C=O) groups is 1. The van der Waals surface area contributed by atoms with E-state index in [1.165, 1.54) is 30.4 Å². The van der Waals surface area contributed by atoms with Gasteiger partial charge in [-0.2, -0.15) is 0 Å². The molecule has 2 rings (SSSR count). The van der Waals surface area contributed by atoms with Crippen LogP contribution in [0.3, 0.4) is 0 Å². The number of nitrogens with one attached hydrogen (secondary N) is 2. The largest absolute Gasteiger partial charge is 0.378 e. The Morgan fingerprint density at radius 2 is 1.86 bits per heavy atom. The lowest BCUT2D eigenvalue weighted by atomic mass is 10.0. The third-order valence-corrected chi connectivity index (χ3v) is 7.03. The van der Waals surface area contributed by atoms with Crippen molar-refractivity contribution < 1.29 is 9.53 Å². The van der Waals surface area contributed by atoms with Crippen LogP contribution in [-0.4, -0.2) is 61.8 Å². The first kappa shape index (κ1) is 33.8. The van der Waals surface area contributed by atoms with Crippen LogP contribution in [0.4, 0.5) is 0 Å². The third-order valence-electron chi connectivity index (χ3n) is 7.03. The summed E-state index contributed by atoms with van der Waals surface area (Å²) in [6, 6.07) is 1.24. The van der Waals surface area contributed by atoms with Crippen LogP contribution in [-0.2, 0) is 9.53 Å². The van der Waals surface area contributed by atoms with E-state index in [9.17, 15) is 4.79 Å². The number of ether oxygens (including phenoxy) is 1. The Kier molecular flexibility index (Phi) is 20.3. The van der Waals surface area contributed by atoms with Crippen molar-refractivity contribution in [2.24, 2.45) is 0 Å². The van der Waals surface area contributed by atoms with Gasteiger partial charge in [0.05, 0.1) is 6.10 Å². The summed E-state index contributed by atoms with van der Waals surface area (Å²) in [7, 11) is 1.76. The van der Waals surface area contributed by atoms with Gasteiger partial charge in [0.1, 0.15) is 0 Å². The number of hydrogen-bond donors (Lipinski definition) is 2. The predicted octanol–water partition coefficient (Wildman–Crippen LogP) is 6.64. The minimum Gasteiger partial charge on any atom is -0.378 e. The number of allylic oxidation sites excluding steroid dienone is 1. The number of piperidine rings is 1. The van der Waals surface area contributed by atoms with E-state index in [-0.39, 0.29) is 12.0 Å². The van der Waals surface area contributed by atoms with E-state index in [2.05, 4.69) is 55.4 Å². The molecular weight excluding hydrogens is 434 g/mol. The standard InChI is InChI=1S/C26H47N3O2.2C2H6/c1-6-16-29(19-22(20(3)7-2)12-11-21(4)31-5)25-14-13-24(17-25)28-26(30)18-23-10-8-9-15-27-23;2*1-2/h11-12,21,23-25,27H,6-10,13-19H2,1-5H3,(H,28,30);2*1-2H3/b12-11-,22-20+;;. The summed E-state index contributed by atoms with van der Waals surface area (Å²) in [5.41, 5.74) is 2.86. The maximum Gasteiger partial charge on any atom is 0.221 e. The van der Waals surface area contributed by atoms with Gasteiger partial charge >= 0.3 is 0 Å². The number of methoxy groups -OCH3 is 1. The van der Waals surface area contributed by atoms with Crippen LogP contribution < -0.4 is 10.6 Å². The summed E-state index contributed by atoms with van der Waals surface area (Å²) in [6.45, 7) is 20.0. The van der Waals surface area contributed by atoms with E-state index < -0.39 is 0 Å². The second kappa shape index (κ2) is 21.0. The lowest BCUT2D eigenvalue weighted by molar-refractivity contribution is -0.122. The smallest absolute Gasteiger partial charge is 0.221 e. The Balaban J connectivity index is 0.00000274. The Bertz CT molecular complexity index is 596. The molecule has 1 saturated carbocycles. The fraction of sp³-hybridized carbons (Fsp3) is 0.833. The zero-order valence-corrected chi connectivity index (χ0v) is 24.7. The maximum absolute atomic E-state index is 12.6. The van der Waals surface area contributed by atoms with Crippen molar-refractivity contribution in [3.05, 3.63) is 23.3 Å². The fourth-order valence-corrected chi connectivity index (χ4v) is 4.81. The maximum atomic E-state index is 12.6. The molecule has 5 heteroatoms. The van der Waals surface area contributed by atoms with Gasteiger partial charge in [-0.25, -0.2) is 0 Å². The highest BCUT2D eigenvalue weighted by atomic mass is 16.5. The SMILES string of the molecule is CC.CC.CCCN(CC(/C=C\C(C)OC)=C(\C)CC)C1CCC(NC(=O)CC2CCCCN2)C1. The molecule has 5 nitrogen and oxygen atoms in total. The molecule has 4 unspecified atom stereocenters. The van der Waals surface area contributed by atoms with E-state index in [1.807, 2.05) is 27.7 Å². The summed E-state index contributed by atoms with van der Waals surface area (Å²) in [5, 5.41) is 6.83. The van der Waals surface area contributed by atoms with Gasteiger partial charge in [0.25, 0.3) is 0 Å². The van der Waals surface area contributed by atoms with E-state index in [4.69, 9.17) is 4.74 Å². The normalized spacial score (nSPS) is 23.7. The minimum absolute atomic E-state index is 0.129. The first-order valence-electron chi connectivity index (χ1n) is 14.6. The number of hydrogen-bond acceptors (Lipinski definition) is 4. The number of carbonyl (C=O) groups excluding carboxylic acids is 1. The minimum atomic E-state index is 0.129. The zero-order chi connectivity index (χ0) is 26.6. The van der Waals surface area contributed by atoms with Gasteiger partial charge in [0, 0.05) is 38.2 Å². The van der Waals surface area contributed by atoms with Crippen LogP contribution in [0.2, 0.25) is 0 Å². The van der Waals surface area contributed by atoms with E-state index in [0.29, 0.717) is 24.5 Å². The lowest BCUT2D eigenvalue weighted by Crippen LogP contribution is -2.42. The summed E-state index contributed by atoms with van der Waals surface area (Å²) < 4.78 is 5.40. The average Bonchev–Trinajstić information content (AvgIpc) is 3.36. The summed E-state index contributed by atoms with van der Waals surface area (Å²) in [4.78, 5) is 15.2. The van der Waals surface area contributed by atoms with Crippen LogP contribution in [0.1, 0.15) is 113 Å². The fourth-order valence-electron chi connectivity index (χ4n) is 4.81. The molecule has 1 aliphatic carbocycles. The summed E-state index contributed by atoms with van der Waals surface area (Å²) in [5.74, 6) is 0.228. The molecule has 0 aromatic heterocycles. The van der Waals surface area contributed by atoms with Gasteiger partial charge in [-0.05, 0) is 77.5 Å². The van der Waals surface area contributed by atoms with E-state index in [1.54, 1.807) is 7.11 Å². The quantitative estimate of drug-likeness (QED) is 0.299. The molecule has 0 spiro atoms. The van der Waals surface area contributed by atoms with Gasteiger partial charge < -0.3 is 15.4 Å². The Morgan fingerprint density at radius 3 is 2.43 bits per heavy atom. The monoisotopic (exact) mass is 493 g/mol. The van der Waals surface area contributed by atoms with E-state index in [0.717, 1.165) is 51.7 Å². The molecule has 1 aliphatic heterocycles. The molecule has 1 saturated heterocycles. The van der Waals surface area contributed by atoms with E-state index >= 15 is 0 Å². The van der Waals surface area contributed by atoms with Crippen LogP contribution in [0.5, 0.6) is 0 Å². The average molecular weight is 494 g/mol. The van der Waals surface area contributed by atoms with Crippen molar-refractivity contribution in [3.8, 4) is 0 Å². The first-order valence-corrected chi connectivity index (χ1v) is 14.6. The van der Waals surface area contributed by atoms with Crippen molar-refractivity contribution >= 4 is 5.91 Å². The molecule has 2 N–H and O–H groups in total. The van der Waals surface area contributed by atoms with Gasteiger partial charge in [-0.15, -0.1) is 0 Å². The molecular formula is C30H59N3O2. The molecule has 0 radical (unpaired) electrons. The molecule has 2 fully saturated rings. The highest BCUT2D eigenvalue weighted by Crippen LogP contribution is 2.26. The second-order valence-electron chi connectivity index (χ2n) is 9.51. The number of nitrogens with zero attached hydrogens (tertiary/aromatic N) is 1. The van der Waals surface area contributed by atoms with Crippen LogP contribution in [0.15, 0.2) is 23.3 Å². The Hall–Kier alpha value is -1.17.